The molecule has 0 radical (unpaired) electrons. The van der Waals surface area contributed by atoms with Crippen molar-refractivity contribution in [2.24, 2.45) is 5.92 Å². The molecule has 3 rings (SSSR count). The molecule has 0 saturated heterocycles. The summed E-state index contributed by atoms with van der Waals surface area (Å²) >= 11 is 0. The molecule has 26 heavy (non-hydrogen) atoms. The SMILES string of the molecule is CCc1cc(C(=O)N[C@H](c2cncc(OC)c2)C2CC(O)C2)cc(=O)[nH]1. The number of nitrogens with one attached hydrogen (secondary N) is 2. The van der Waals surface area contributed by atoms with Crippen molar-refractivity contribution < 1.29 is 14.6 Å². The number of hydrogen-bond acceptors (Lipinski definition) is 5. The number of ether oxygens (including phenoxy) is 1. The van der Waals surface area contributed by atoms with E-state index in [9.17, 15) is 14.7 Å². The van der Waals surface area contributed by atoms with E-state index in [1.165, 1.54) is 6.07 Å². The molecule has 0 spiro atoms. The Morgan fingerprint density at radius 3 is 2.81 bits per heavy atom. The van der Waals surface area contributed by atoms with E-state index in [-0.39, 0.29) is 29.5 Å². The third-order valence-electron chi connectivity index (χ3n) is 4.78. The van der Waals surface area contributed by atoms with Crippen molar-refractivity contribution >= 4 is 5.91 Å². The summed E-state index contributed by atoms with van der Waals surface area (Å²) in [6.07, 6.45) is 4.80. The smallest absolute Gasteiger partial charge is 0.252 e. The third-order valence-corrected chi connectivity index (χ3v) is 4.78. The third kappa shape index (κ3) is 3.94. The second-order valence-electron chi connectivity index (χ2n) is 6.61. The fraction of sp³-hybridized carbons (Fsp3) is 0.421. The van der Waals surface area contributed by atoms with E-state index >= 15 is 0 Å². The minimum atomic E-state index is -0.343. The molecule has 1 aliphatic carbocycles. The Bertz CT molecular complexity index is 843. The van der Waals surface area contributed by atoms with Gasteiger partial charge in [0.05, 0.1) is 25.5 Å². The van der Waals surface area contributed by atoms with Gasteiger partial charge in [-0.2, -0.15) is 0 Å². The summed E-state index contributed by atoms with van der Waals surface area (Å²) in [4.78, 5) is 31.4. The number of methoxy groups -OCH3 is 1. The van der Waals surface area contributed by atoms with E-state index < -0.39 is 0 Å². The maximum absolute atomic E-state index is 12.8. The summed E-state index contributed by atoms with van der Waals surface area (Å²) in [6.45, 7) is 1.91. The highest BCUT2D eigenvalue weighted by Gasteiger charge is 2.36. The molecule has 1 amide bonds. The Kier molecular flexibility index (Phi) is 5.37. The van der Waals surface area contributed by atoms with Crippen LogP contribution in [0, 0.1) is 5.92 Å². The fourth-order valence-electron chi connectivity index (χ4n) is 3.24. The van der Waals surface area contributed by atoms with Crippen molar-refractivity contribution in [2.75, 3.05) is 7.11 Å². The largest absolute Gasteiger partial charge is 0.495 e. The number of carbonyl (C=O) groups is 1. The van der Waals surface area contributed by atoms with Crippen molar-refractivity contribution in [3.8, 4) is 5.75 Å². The van der Waals surface area contributed by atoms with Gasteiger partial charge in [-0.25, -0.2) is 0 Å². The minimum Gasteiger partial charge on any atom is -0.495 e. The number of carbonyl (C=O) groups excluding carboxylic acids is 1. The number of pyridine rings is 2. The van der Waals surface area contributed by atoms with Gasteiger partial charge in [0.1, 0.15) is 5.75 Å². The molecule has 0 aromatic carbocycles. The molecule has 1 aliphatic rings. The van der Waals surface area contributed by atoms with Gasteiger partial charge in [-0.05, 0) is 42.9 Å². The van der Waals surface area contributed by atoms with Crippen LogP contribution in [0.25, 0.3) is 0 Å². The fourth-order valence-corrected chi connectivity index (χ4v) is 3.24. The minimum absolute atomic E-state index is 0.107. The summed E-state index contributed by atoms with van der Waals surface area (Å²) in [5.74, 6) is 0.390. The zero-order chi connectivity index (χ0) is 18.7. The average Bonchev–Trinajstić information content (AvgIpc) is 2.63. The van der Waals surface area contributed by atoms with E-state index in [4.69, 9.17) is 4.74 Å². The molecule has 2 heterocycles. The molecule has 1 saturated carbocycles. The van der Waals surface area contributed by atoms with Gasteiger partial charge >= 0.3 is 0 Å². The van der Waals surface area contributed by atoms with Crippen molar-refractivity contribution in [1.82, 2.24) is 15.3 Å². The van der Waals surface area contributed by atoms with Gasteiger partial charge in [-0.3, -0.25) is 14.6 Å². The van der Waals surface area contributed by atoms with Crippen molar-refractivity contribution in [1.29, 1.82) is 0 Å². The van der Waals surface area contributed by atoms with Crippen LogP contribution in [0.4, 0.5) is 0 Å². The lowest BCUT2D eigenvalue weighted by Gasteiger charge is -2.38. The Morgan fingerprint density at radius 1 is 1.38 bits per heavy atom. The molecule has 1 atom stereocenters. The quantitative estimate of drug-likeness (QED) is 0.728. The summed E-state index contributed by atoms with van der Waals surface area (Å²) in [7, 11) is 1.56. The number of hydrogen-bond donors (Lipinski definition) is 3. The lowest BCUT2D eigenvalue weighted by atomic mass is 9.75. The average molecular weight is 357 g/mol. The van der Waals surface area contributed by atoms with E-state index in [2.05, 4.69) is 15.3 Å². The zero-order valence-corrected chi connectivity index (χ0v) is 14.9. The Balaban J connectivity index is 1.87. The van der Waals surface area contributed by atoms with Crippen LogP contribution < -0.4 is 15.6 Å². The summed E-state index contributed by atoms with van der Waals surface area (Å²) in [5, 5.41) is 12.7. The molecule has 7 nitrogen and oxygen atoms in total. The first-order valence-electron chi connectivity index (χ1n) is 8.71. The lowest BCUT2D eigenvalue weighted by molar-refractivity contribution is 0.0234. The highest BCUT2D eigenvalue weighted by molar-refractivity contribution is 5.94. The van der Waals surface area contributed by atoms with Gasteiger partial charge in [-0.15, -0.1) is 0 Å². The summed E-state index contributed by atoms with van der Waals surface area (Å²) in [5.41, 5.74) is 1.55. The van der Waals surface area contributed by atoms with Gasteiger partial charge in [0.25, 0.3) is 5.91 Å². The number of aryl methyl sites for hydroxylation is 1. The lowest BCUT2D eigenvalue weighted by Crippen LogP contribution is -2.41. The van der Waals surface area contributed by atoms with Gasteiger partial charge in [0, 0.05) is 23.5 Å². The zero-order valence-electron chi connectivity index (χ0n) is 14.9. The van der Waals surface area contributed by atoms with Crippen LogP contribution in [0.15, 0.2) is 35.4 Å². The normalized spacial score (nSPS) is 20.1. The number of aromatic nitrogens is 2. The maximum Gasteiger partial charge on any atom is 0.252 e. The molecule has 0 aliphatic heterocycles. The van der Waals surface area contributed by atoms with Crippen LogP contribution in [0.3, 0.4) is 0 Å². The second-order valence-corrected chi connectivity index (χ2v) is 6.61. The molecule has 3 N–H and O–H groups in total. The van der Waals surface area contributed by atoms with E-state index in [0.29, 0.717) is 36.3 Å². The van der Waals surface area contributed by atoms with E-state index in [1.807, 2.05) is 13.0 Å². The maximum atomic E-state index is 12.8. The van der Waals surface area contributed by atoms with Crippen LogP contribution in [-0.4, -0.2) is 34.2 Å². The predicted molar refractivity (Wildman–Crippen MR) is 96.2 cm³/mol. The molecule has 7 heteroatoms. The summed E-state index contributed by atoms with van der Waals surface area (Å²) in [6, 6.07) is 4.51. The molecule has 138 valence electrons. The number of nitrogens with zero attached hydrogens (tertiary/aromatic N) is 1. The predicted octanol–water partition coefficient (Wildman–Crippen LogP) is 1.58. The number of aliphatic hydroxyl groups is 1. The van der Waals surface area contributed by atoms with Crippen LogP contribution in [-0.2, 0) is 6.42 Å². The van der Waals surface area contributed by atoms with Crippen molar-refractivity contribution in [2.45, 2.75) is 38.3 Å². The van der Waals surface area contributed by atoms with Gasteiger partial charge in [-0.1, -0.05) is 6.92 Å². The van der Waals surface area contributed by atoms with Crippen LogP contribution in [0.5, 0.6) is 5.75 Å². The molecular formula is C19H23N3O4. The second kappa shape index (κ2) is 7.70. The topological polar surface area (TPSA) is 104 Å². The molecule has 1 fully saturated rings. The Morgan fingerprint density at radius 2 is 2.15 bits per heavy atom. The van der Waals surface area contributed by atoms with Gasteiger partial charge in [0.15, 0.2) is 0 Å². The molecule has 2 aromatic rings. The van der Waals surface area contributed by atoms with E-state index in [0.717, 1.165) is 5.56 Å². The Labute approximate surface area is 151 Å². The highest BCUT2D eigenvalue weighted by atomic mass is 16.5. The van der Waals surface area contributed by atoms with Gasteiger partial charge in [0.2, 0.25) is 5.56 Å². The van der Waals surface area contributed by atoms with Gasteiger partial charge < -0.3 is 20.1 Å². The standard InChI is InChI=1S/C19H23N3O4/c1-3-14-4-12(8-17(24)21-14)19(25)22-18(11-5-15(23)6-11)13-7-16(26-2)10-20-9-13/h4,7-11,15,18,23H,3,5-6H2,1-2H3,(H,21,24)(H,22,25)/t11?,15?,18-/m0/s1. The first kappa shape index (κ1) is 18.1. The van der Waals surface area contributed by atoms with Crippen LogP contribution in [0.2, 0.25) is 0 Å². The van der Waals surface area contributed by atoms with Crippen LogP contribution >= 0.6 is 0 Å². The molecule has 2 aromatic heterocycles. The number of aliphatic hydroxyl groups excluding tert-OH is 1. The molecule has 0 unspecified atom stereocenters. The van der Waals surface area contributed by atoms with Crippen molar-refractivity contribution in [3.63, 3.8) is 0 Å². The first-order chi connectivity index (χ1) is 12.5. The van der Waals surface area contributed by atoms with Crippen molar-refractivity contribution in [3.05, 3.63) is 57.8 Å². The number of aromatic amines is 1. The number of amides is 1. The van der Waals surface area contributed by atoms with E-state index in [1.54, 1.807) is 25.6 Å². The Hall–Kier alpha value is -2.67. The van der Waals surface area contributed by atoms with Crippen LogP contribution in [0.1, 0.15) is 47.4 Å². The number of H-pyrrole nitrogens is 1. The number of rotatable bonds is 6. The summed E-state index contributed by atoms with van der Waals surface area (Å²) < 4.78 is 5.22. The monoisotopic (exact) mass is 357 g/mol. The molecular weight excluding hydrogens is 334 g/mol. The first-order valence-corrected chi connectivity index (χ1v) is 8.71. The highest BCUT2D eigenvalue weighted by Crippen LogP contribution is 2.38. The molecule has 0 bridgehead atoms.